The van der Waals surface area contributed by atoms with Gasteiger partial charge in [0.1, 0.15) is 0 Å². The molecule has 2 rings (SSSR count). The molecule has 0 aromatic carbocycles. The van der Waals surface area contributed by atoms with Crippen LogP contribution in [0.2, 0.25) is 0 Å². The lowest BCUT2D eigenvalue weighted by molar-refractivity contribution is -0.132. The van der Waals surface area contributed by atoms with Crippen LogP contribution >= 0.6 is 0 Å². The van der Waals surface area contributed by atoms with Crippen LogP contribution < -0.4 is 5.56 Å². The van der Waals surface area contributed by atoms with Crippen molar-refractivity contribution in [3.8, 4) is 0 Å². The van der Waals surface area contributed by atoms with Crippen molar-refractivity contribution < 1.29 is 14.7 Å². The molecule has 6 nitrogen and oxygen atoms in total. The first-order chi connectivity index (χ1) is 9.32. The molecule has 1 atom stereocenters. The van der Waals surface area contributed by atoms with E-state index in [1.54, 1.807) is 25.8 Å². The summed E-state index contributed by atoms with van der Waals surface area (Å²) < 4.78 is 1.51. The topological polar surface area (TPSA) is 79.6 Å². The summed E-state index contributed by atoms with van der Waals surface area (Å²) in [6, 6.07) is 1.19. The first-order valence-electron chi connectivity index (χ1n) is 6.53. The highest BCUT2D eigenvalue weighted by Crippen LogP contribution is 2.23. The molecule has 0 saturated carbocycles. The fourth-order valence-corrected chi connectivity index (χ4v) is 2.88. The number of nitrogens with zero attached hydrogens (tertiary/aromatic N) is 2. The molecule has 20 heavy (non-hydrogen) atoms. The molecule has 1 N–H and O–H groups in total. The van der Waals surface area contributed by atoms with E-state index in [-0.39, 0.29) is 23.1 Å². The number of pyridine rings is 1. The van der Waals surface area contributed by atoms with E-state index in [2.05, 4.69) is 0 Å². The van der Waals surface area contributed by atoms with Gasteiger partial charge in [0.15, 0.2) is 0 Å². The highest BCUT2D eigenvalue weighted by molar-refractivity contribution is 5.90. The largest absolute Gasteiger partial charge is 0.478 e. The summed E-state index contributed by atoms with van der Waals surface area (Å²) in [5.41, 5.74) is 0.883. The number of aromatic carboxylic acids is 1. The maximum Gasteiger partial charge on any atom is 0.337 e. The molecule has 1 aromatic heterocycles. The first-order valence-corrected chi connectivity index (χ1v) is 6.53. The van der Waals surface area contributed by atoms with Gasteiger partial charge >= 0.3 is 5.97 Å². The van der Waals surface area contributed by atoms with Crippen molar-refractivity contribution in [2.75, 3.05) is 13.6 Å². The number of carbonyl (C=O) groups is 2. The van der Waals surface area contributed by atoms with Gasteiger partial charge in [0, 0.05) is 31.8 Å². The summed E-state index contributed by atoms with van der Waals surface area (Å²) in [5, 5.41) is 9.27. The summed E-state index contributed by atoms with van der Waals surface area (Å²) in [6.45, 7) is 3.70. The lowest BCUT2D eigenvalue weighted by atomic mass is 10.0. The third kappa shape index (κ3) is 2.33. The molecule has 1 aliphatic rings. The van der Waals surface area contributed by atoms with E-state index in [1.165, 1.54) is 10.6 Å². The lowest BCUT2D eigenvalue weighted by Crippen LogP contribution is -2.42. The predicted molar refractivity (Wildman–Crippen MR) is 73.0 cm³/mol. The SMILES string of the molecule is Cc1cc(=O)n(C2CCC(=O)N(C)C2)c(C)c1C(=O)O. The number of piperidine rings is 1. The Balaban J connectivity index is 2.52. The minimum absolute atomic E-state index is 0.0533. The summed E-state index contributed by atoms with van der Waals surface area (Å²) in [7, 11) is 1.70. The fraction of sp³-hybridized carbons (Fsp3) is 0.500. The van der Waals surface area contributed by atoms with Crippen LogP contribution in [0.5, 0.6) is 0 Å². The Labute approximate surface area is 116 Å². The molecule has 1 saturated heterocycles. The minimum Gasteiger partial charge on any atom is -0.478 e. The number of amides is 1. The Morgan fingerprint density at radius 3 is 2.55 bits per heavy atom. The van der Waals surface area contributed by atoms with Gasteiger partial charge in [-0.15, -0.1) is 0 Å². The van der Waals surface area contributed by atoms with E-state index in [9.17, 15) is 19.5 Å². The third-order valence-corrected chi connectivity index (χ3v) is 3.88. The van der Waals surface area contributed by atoms with Crippen molar-refractivity contribution in [3.05, 3.63) is 33.2 Å². The molecule has 0 spiro atoms. The zero-order valence-electron chi connectivity index (χ0n) is 11.8. The Hall–Kier alpha value is -2.11. The second-order valence-corrected chi connectivity index (χ2v) is 5.27. The molecule has 1 aromatic rings. The van der Waals surface area contributed by atoms with Gasteiger partial charge in [0.05, 0.1) is 11.6 Å². The van der Waals surface area contributed by atoms with Crippen molar-refractivity contribution in [2.24, 2.45) is 0 Å². The molecule has 1 aliphatic heterocycles. The van der Waals surface area contributed by atoms with E-state index in [0.29, 0.717) is 30.6 Å². The van der Waals surface area contributed by atoms with Crippen LogP contribution in [-0.4, -0.2) is 40.0 Å². The van der Waals surface area contributed by atoms with Gasteiger partial charge in [0.25, 0.3) is 5.56 Å². The van der Waals surface area contributed by atoms with Crippen molar-refractivity contribution in [2.45, 2.75) is 32.7 Å². The minimum atomic E-state index is -1.03. The molecular weight excluding hydrogens is 260 g/mol. The molecule has 1 unspecified atom stereocenters. The third-order valence-electron chi connectivity index (χ3n) is 3.88. The summed E-state index contributed by atoms with van der Waals surface area (Å²) in [6.07, 6.45) is 0.940. The Morgan fingerprint density at radius 2 is 2.00 bits per heavy atom. The number of likely N-dealkylation sites (tertiary alicyclic amines) is 1. The summed E-state index contributed by atoms with van der Waals surface area (Å²) >= 11 is 0. The number of aromatic nitrogens is 1. The smallest absolute Gasteiger partial charge is 0.337 e. The van der Waals surface area contributed by atoms with Gasteiger partial charge in [-0.3, -0.25) is 9.59 Å². The van der Waals surface area contributed by atoms with E-state index in [1.807, 2.05) is 0 Å². The molecular formula is C14H18N2O4. The number of carboxylic acid groups (broad SMARTS) is 1. The van der Waals surface area contributed by atoms with E-state index in [4.69, 9.17) is 0 Å². The highest BCUT2D eigenvalue weighted by Gasteiger charge is 2.27. The molecule has 0 aliphatic carbocycles. The number of carboxylic acids is 1. The van der Waals surface area contributed by atoms with Crippen LogP contribution in [0.3, 0.4) is 0 Å². The Kier molecular flexibility index (Phi) is 3.65. The second-order valence-electron chi connectivity index (χ2n) is 5.27. The van der Waals surface area contributed by atoms with E-state index in [0.717, 1.165) is 0 Å². The van der Waals surface area contributed by atoms with Crippen molar-refractivity contribution in [1.82, 2.24) is 9.47 Å². The van der Waals surface area contributed by atoms with Gasteiger partial charge in [-0.1, -0.05) is 0 Å². The van der Waals surface area contributed by atoms with Crippen LogP contribution in [0, 0.1) is 13.8 Å². The lowest BCUT2D eigenvalue weighted by Gasteiger charge is -2.32. The van der Waals surface area contributed by atoms with Crippen LogP contribution in [0.15, 0.2) is 10.9 Å². The molecule has 1 fully saturated rings. The molecule has 1 amide bonds. The normalized spacial score (nSPS) is 19.2. The fourth-order valence-electron chi connectivity index (χ4n) is 2.88. The van der Waals surface area contributed by atoms with Crippen LogP contribution in [0.25, 0.3) is 0 Å². The average Bonchev–Trinajstić information content (AvgIpc) is 2.32. The van der Waals surface area contributed by atoms with E-state index < -0.39 is 5.97 Å². The first kappa shape index (κ1) is 14.3. The van der Waals surface area contributed by atoms with Gasteiger partial charge < -0.3 is 14.6 Å². The monoisotopic (exact) mass is 278 g/mol. The number of hydrogen-bond acceptors (Lipinski definition) is 3. The zero-order valence-corrected chi connectivity index (χ0v) is 11.8. The Bertz CT molecular complexity index is 633. The number of likely N-dealkylation sites (N-methyl/N-ethyl adjacent to an activating group) is 1. The predicted octanol–water partition coefficient (Wildman–Crippen LogP) is 0.957. The maximum absolute atomic E-state index is 12.2. The average molecular weight is 278 g/mol. The summed E-state index contributed by atoms with van der Waals surface area (Å²) in [4.78, 5) is 36.6. The molecule has 2 heterocycles. The molecule has 108 valence electrons. The number of hydrogen-bond donors (Lipinski definition) is 1. The Morgan fingerprint density at radius 1 is 1.35 bits per heavy atom. The summed E-state index contributed by atoms with van der Waals surface area (Å²) in [5.74, 6) is -0.980. The van der Waals surface area contributed by atoms with Crippen LogP contribution in [0.4, 0.5) is 0 Å². The standard InChI is InChI=1S/C14H18N2O4/c1-8-6-12(18)16(9(2)13(8)14(19)20)10-4-5-11(17)15(3)7-10/h6,10H,4-5,7H2,1-3H3,(H,19,20). The highest BCUT2D eigenvalue weighted by atomic mass is 16.4. The van der Waals surface area contributed by atoms with Crippen LogP contribution in [0.1, 0.15) is 40.5 Å². The maximum atomic E-state index is 12.2. The zero-order chi connectivity index (χ0) is 15.0. The van der Waals surface area contributed by atoms with Crippen molar-refractivity contribution >= 4 is 11.9 Å². The van der Waals surface area contributed by atoms with Gasteiger partial charge in [-0.05, 0) is 25.8 Å². The van der Waals surface area contributed by atoms with Gasteiger partial charge in [-0.2, -0.15) is 0 Å². The second kappa shape index (κ2) is 5.11. The molecule has 0 bridgehead atoms. The number of carbonyl (C=O) groups excluding carboxylic acids is 1. The number of rotatable bonds is 2. The van der Waals surface area contributed by atoms with Gasteiger partial charge in [-0.25, -0.2) is 4.79 Å². The van der Waals surface area contributed by atoms with E-state index >= 15 is 0 Å². The number of aryl methyl sites for hydroxylation is 1. The van der Waals surface area contributed by atoms with Crippen LogP contribution in [-0.2, 0) is 4.79 Å². The van der Waals surface area contributed by atoms with Gasteiger partial charge in [0.2, 0.25) is 5.91 Å². The molecule has 0 radical (unpaired) electrons. The van der Waals surface area contributed by atoms with Crippen molar-refractivity contribution in [3.63, 3.8) is 0 Å². The quantitative estimate of drug-likeness (QED) is 0.873. The molecule has 6 heteroatoms. The van der Waals surface area contributed by atoms with Crippen molar-refractivity contribution in [1.29, 1.82) is 0 Å².